The lowest BCUT2D eigenvalue weighted by molar-refractivity contribution is -0.112. The van der Waals surface area contributed by atoms with Gasteiger partial charge in [0, 0.05) is 53.3 Å². The van der Waals surface area contributed by atoms with Crippen molar-refractivity contribution in [2.24, 2.45) is 0 Å². The van der Waals surface area contributed by atoms with Gasteiger partial charge in [-0.25, -0.2) is 8.42 Å². The van der Waals surface area contributed by atoms with E-state index >= 15 is 0 Å². The quantitative estimate of drug-likeness (QED) is 0.740. The van der Waals surface area contributed by atoms with Crippen molar-refractivity contribution in [2.45, 2.75) is 57.8 Å². The number of fused-ring (bicyclic) bond motifs is 2. The predicted molar refractivity (Wildman–Crippen MR) is 111 cm³/mol. The normalized spacial score (nSPS) is 25.9. The van der Waals surface area contributed by atoms with Crippen molar-refractivity contribution >= 4 is 21.2 Å². The van der Waals surface area contributed by atoms with E-state index in [4.69, 9.17) is 4.74 Å². The fourth-order valence-electron chi connectivity index (χ4n) is 4.52. The summed E-state index contributed by atoms with van der Waals surface area (Å²) in [5.41, 5.74) is 2.45. The van der Waals surface area contributed by atoms with Gasteiger partial charge in [0.05, 0.1) is 30.7 Å². The zero-order chi connectivity index (χ0) is 19.9. The first kappa shape index (κ1) is 20.1. The van der Waals surface area contributed by atoms with Crippen molar-refractivity contribution in [1.29, 1.82) is 0 Å². The number of aromatic nitrogens is 2. The summed E-state index contributed by atoms with van der Waals surface area (Å²) in [6, 6.07) is 2.76. The van der Waals surface area contributed by atoms with Gasteiger partial charge in [-0.15, -0.1) is 11.3 Å². The summed E-state index contributed by atoms with van der Waals surface area (Å²) in [7, 11) is -2.97. The summed E-state index contributed by atoms with van der Waals surface area (Å²) < 4.78 is 30.8. The molecule has 2 aliphatic heterocycles. The first-order chi connectivity index (χ1) is 13.2. The Morgan fingerprint density at radius 2 is 2.25 bits per heavy atom. The molecule has 0 aromatic carbocycles. The Bertz CT molecular complexity index is 950. The number of hydrogen-bond acceptors (Lipinski definition) is 6. The molecule has 2 aliphatic rings. The standard InChI is InChI=1S/C20H29N3O3S2/c1-15-11-20(18-10-16(2)27-19(18)4-8-26-20)5-6-22(15)13-17-12-21-23(14-17)7-9-28(3,24)25/h10,12,14-15H,4-9,11,13H2,1-3H3/t15-,20-/m0/s1. The molecule has 28 heavy (non-hydrogen) atoms. The van der Waals surface area contributed by atoms with Gasteiger partial charge in [-0.3, -0.25) is 9.58 Å². The molecule has 0 unspecified atom stereocenters. The number of thiophene rings is 1. The molecule has 4 heterocycles. The van der Waals surface area contributed by atoms with E-state index in [9.17, 15) is 8.42 Å². The molecule has 0 N–H and O–H groups in total. The Morgan fingerprint density at radius 1 is 1.43 bits per heavy atom. The molecule has 154 valence electrons. The second-order valence-electron chi connectivity index (χ2n) is 8.30. The average Bonchev–Trinajstić information content (AvgIpc) is 3.22. The maximum Gasteiger partial charge on any atom is 0.149 e. The van der Waals surface area contributed by atoms with Crippen molar-refractivity contribution in [3.63, 3.8) is 0 Å². The van der Waals surface area contributed by atoms with Crippen molar-refractivity contribution in [3.8, 4) is 0 Å². The van der Waals surface area contributed by atoms with E-state index in [0.29, 0.717) is 12.6 Å². The fraction of sp³-hybridized carbons (Fsp3) is 0.650. The van der Waals surface area contributed by atoms with E-state index in [0.717, 1.165) is 44.5 Å². The number of likely N-dealkylation sites (tertiary alicyclic amines) is 1. The summed E-state index contributed by atoms with van der Waals surface area (Å²) in [6.45, 7) is 7.54. The van der Waals surface area contributed by atoms with Crippen molar-refractivity contribution in [1.82, 2.24) is 14.7 Å². The summed E-state index contributed by atoms with van der Waals surface area (Å²) in [6.07, 6.45) is 8.16. The highest BCUT2D eigenvalue weighted by atomic mass is 32.2. The molecule has 0 amide bonds. The van der Waals surface area contributed by atoms with Crippen molar-refractivity contribution in [2.75, 3.05) is 25.2 Å². The Balaban J connectivity index is 1.41. The number of piperidine rings is 1. The maximum absolute atomic E-state index is 11.3. The molecule has 1 spiro atoms. The van der Waals surface area contributed by atoms with E-state index in [1.54, 1.807) is 4.68 Å². The van der Waals surface area contributed by atoms with E-state index < -0.39 is 9.84 Å². The van der Waals surface area contributed by atoms with Gasteiger partial charge in [0.25, 0.3) is 0 Å². The van der Waals surface area contributed by atoms with Crippen LogP contribution in [0.25, 0.3) is 0 Å². The minimum absolute atomic E-state index is 0.117. The topological polar surface area (TPSA) is 64.4 Å². The molecule has 6 nitrogen and oxygen atoms in total. The lowest BCUT2D eigenvalue weighted by Crippen LogP contribution is -2.50. The monoisotopic (exact) mass is 423 g/mol. The minimum Gasteiger partial charge on any atom is -0.370 e. The van der Waals surface area contributed by atoms with Gasteiger partial charge in [-0.1, -0.05) is 0 Å². The summed E-state index contributed by atoms with van der Waals surface area (Å²) >= 11 is 1.92. The van der Waals surface area contributed by atoms with Crippen LogP contribution in [-0.4, -0.2) is 54.3 Å². The number of ether oxygens (including phenoxy) is 1. The molecule has 2 aromatic rings. The Kier molecular flexibility index (Phi) is 5.41. The Labute approximate surface area is 171 Å². The number of hydrogen-bond donors (Lipinski definition) is 0. The average molecular weight is 424 g/mol. The van der Waals surface area contributed by atoms with Gasteiger partial charge in [0.1, 0.15) is 9.84 Å². The third-order valence-electron chi connectivity index (χ3n) is 5.95. The zero-order valence-electron chi connectivity index (χ0n) is 16.8. The van der Waals surface area contributed by atoms with Crippen LogP contribution in [0.1, 0.15) is 40.6 Å². The molecule has 0 bridgehead atoms. The number of nitrogens with zero attached hydrogens (tertiary/aromatic N) is 3. The SMILES string of the molecule is Cc1cc2c(s1)CCO[C@]21CCN(Cc2cnn(CCS(C)(=O)=O)c2)[C@@H](C)C1. The predicted octanol–water partition coefficient (Wildman–Crippen LogP) is 2.75. The van der Waals surface area contributed by atoms with E-state index in [1.165, 1.54) is 21.6 Å². The fourth-order valence-corrected chi connectivity index (χ4v) is 6.14. The maximum atomic E-state index is 11.3. The summed E-state index contributed by atoms with van der Waals surface area (Å²) in [5.74, 6) is 0.122. The van der Waals surface area contributed by atoms with Gasteiger partial charge in [-0.2, -0.15) is 5.10 Å². The number of rotatable bonds is 5. The minimum atomic E-state index is -2.97. The third-order valence-corrected chi connectivity index (χ3v) is 7.98. The van der Waals surface area contributed by atoms with Crippen LogP contribution in [0.3, 0.4) is 0 Å². The highest BCUT2D eigenvalue weighted by Gasteiger charge is 2.44. The number of sulfone groups is 1. The summed E-state index contributed by atoms with van der Waals surface area (Å²) in [5, 5.41) is 4.33. The molecular weight excluding hydrogens is 394 g/mol. The molecule has 2 aromatic heterocycles. The second-order valence-corrected chi connectivity index (χ2v) is 11.9. The third kappa shape index (κ3) is 4.20. The molecule has 8 heteroatoms. The number of aryl methyl sites for hydroxylation is 2. The first-order valence-corrected chi connectivity index (χ1v) is 12.8. The molecular formula is C20H29N3O3S2. The van der Waals surface area contributed by atoms with E-state index in [-0.39, 0.29) is 11.4 Å². The van der Waals surface area contributed by atoms with Crippen LogP contribution in [0.2, 0.25) is 0 Å². The van der Waals surface area contributed by atoms with E-state index in [2.05, 4.69) is 29.9 Å². The lowest BCUT2D eigenvalue weighted by Gasteiger charge is -2.47. The van der Waals surface area contributed by atoms with Crippen molar-refractivity contribution < 1.29 is 13.2 Å². The highest BCUT2D eigenvalue weighted by Crippen LogP contribution is 2.46. The molecule has 1 saturated heterocycles. The van der Waals surface area contributed by atoms with Crippen LogP contribution in [0.15, 0.2) is 18.5 Å². The second kappa shape index (κ2) is 7.55. The lowest BCUT2D eigenvalue weighted by atomic mass is 9.79. The van der Waals surface area contributed by atoms with Gasteiger partial charge < -0.3 is 4.74 Å². The molecule has 1 fully saturated rings. The van der Waals surface area contributed by atoms with Crippen LogP contribution in [0, 0.1) is 6.92 Å². The van der Waals surface area contributed by atoms with Crippen LogP contribution in [0.4, 0.5) is 0 Å². The van der Waals surface area contributed by atoms with Crippen LogP contribution in [0.5, 0.6) is 0 Å². The zero-order valence-corrected chi connectivity index (χ0v) is 18.5. The Hall–Kier alpha value is -1.22. The summed E-state index contributed by atoms with van der Waals surface area (Å²) in [4.78, 5) is 5.38. The Morgan fingerprint density at radius 3 is 3.00 bits per heavy atom. The molecule has 0 radical (unpaired) electrons. The van der Waals surface area contributed by atoms with Crippen LogP contribution in [-0.2, 0) is 39.7 Å². The van der Waals surface area contributed by atoms with E-state index in [1.807, 2.05) is 23.7 Å². The van der Waals surface area contributed by atoms with Crippen molar-refractivity contribution in [3.05, 3.63) is 39.3 Å². The van der Waals surface area contributed by atoms with Gasteiger partial charge in [-0.05, 0) is 38.3 Å². The molecule has 4 rings (SSSR count). The molecule has 0 aliphatic carbocycles. The molecule has 0 saturated carbocycles. The first-order valence-electron chi connectivity index (χ1n) is 9.91. The van der Waals surface area contributed by atoms with Crippen LogP contribution < -0.4 is 0 Å². The van der Waals surface area contributed by atoms with Gasteiger partial charge in [0.15, 0.2) is 0 Å². The molecule has 2 atom stereocenters. The smallest absolute Gasteiger partial charge is 0.149 e. The van der Waals surface area contributed by atoms with Gasteiger partial charge in [0.2, 0.25) is 0 Å². The highest BCUT2D eigenvalue weighted by molar-refractivity contribution is 7.90. The van der Waals surface area contributed by atoms with Gasteiger partial charge >= 0.3 is 0 Å². The van der Waals surface area contributed by atoms with Crippen LogP contribution >= 0.6 is 11.3 Å². The largest absolute Gasteiger partial charge is 0.370 e.